The molecule has 0 bridgehead atoms. The molecule has 24 heavy (non-hydrogen) atoms. The number of cyclic esters (lactones) is 1. The standard InChI is InChI=1S/C15H18FN5O3/c1-23-7-5-17-14-3-2-11(8-13(14)16)21-10-12(24-15(21)22)9-20-6-4-18-19-20/h2-4,6,8,12,17H,5,7,9-10H2,1H3. The number of carbonyl (C=O) groups excluding carboxylic acids is 1. The third kappa shape index (κ3) is 3.62. The number of nitrogens with one attached hydrogen (secondary N) is 1. The number of hydrogen-bond donors (Lipinski definition) is 1. The van der Waals surface area contributed by atoms with E-state index in [1.165, 1.54) is 11.0 Å². The smallest absolute Gasteiger partial charge is 0.414 e. The van der Waals surface area contributed by atoms with Crippen molar-refractivity contribution in [2.45, 2.75) is 12.6 Å². The molecule has 1 aliphatic heterocycles. The molecule has 0 aliphatic carbocycles. The van der Waals surface area contributed by atoms with Crippen LogP contribution in [0.3, 0.4) is 0 Å². The zero-order chi connectivity index (χ0) is 16.9. The first-order valence-electron chi connectivity index (χ1n) is 7.52. The van der Waals surface area contributed by atoms with Gasteiger partial charge in [0, 0.05) is 19.9 Å². The molecular weight excluding hydrogens is 317 g/mol. The molecule has 1 saturated heterocycles. The number of nitrogens with zero attached hydrogens (tertiary/aromatic N) is 4. The van der Waals surface area contributed by atoms with Crippen LogP contribution in [-0.2, 0) is 16.0 Å². The maximum absolute atomic E-state index is 14.2. The van der Waals surface area contributed by atoms with E-state index < -0.39 is 11.9 Å². The molecule has 1 atom stereocenters. The molecule has 9 heteroatoms. The second-order valence-corrected chi connectivity index (χ2v) is 5.33. The third-order valence-corrected chi connectivity index (χ3v) is 3.62. The first kappa shape index (κ1) is 16.2. The lowest BCUT2D eigenvalue weighted by atomic mass is 10.2. The van der Waals surface area contributed by atoms with Gasteiger partial charge in [0.2, 0.25) is 0 Å². The SMILES string of the molecule is COCCNc1ccc(N2CC(Cn3ccnn3)OC2=O)cc1F. The van der Waals surface area contributed by atoms with Crippen molar-refractivity contribution in [2.24, 2.45) is 0 Å². The largest absolute Gasteiger partial charge is 0.442 e. The van der Waals surface area contributed by atoms with Crippen LogP contribution in [0.5, 0.6) is 0 Å². The van der Waals surface area contributed by atoms with Gasteiger partial charge in [-0.05, 0) is 18.2 Å². The Balaban J connectivity index is 1.65. The zero-order valence-corrected chi connectivity index (χ0v) is 13.2. The lowest BCUT2D eigenvalue weighted by Crippen LogP contribution is -2.26. The molecule has 2 heterocycles. The van der Waals surface area contributed by atoms with Gasteiger partial charge in [-0.15, -0.1) is 5.10 Å². The van der Waals surface area contributed by atoms with Gasteiger partial charge in [0.25, 0.3) is 0 Å². The molecule has 1 N–H and O–H groups in total. The van der Waals surface area contributed by atoms with Crippen LogP contribution in [0.1, 0.15) is 0 Å². The predicted octanol–water partition coefficient (Wildman–Crippen LogP) is 1.50. The molecule has 0 spiro atoms. The highest BCUT2D eigenvalue weighted by Crippen LogP contribution is 2.26. The summed E-state index contributed by atoms with van der Waals surface area (Å²) in [6.45, 7) is 1.71. The average Bonchev–Trinajstić information content (AvgIpc) is 3.19. The summed E-state index contributed by atoms with van der Waals surface area (Å²) in [7, 11) is 1.58. The molecule has 1 aromatic carbocycles. The van der Waals surface area contributed by atoms with Gasteiger partial charge in [0.05, 0.1) is 37.3 Å². The molecule has 2 aromatic rings. The van der Waals surface area contributed by atoms with Crippen LogP contribution < -0.4 is 10.2 Å². The molecule has 0 radical (unpaired) electrons. The molecule has 1 amide bonds. The maximum atomic E-state index is 14.2. The number of amides is 1. The predicted molar refractivity (Wildman–Crippen MR) is 84.4 cm³/mol. The fourth-order valence-corrected chi connectivity index (χ4v) is 2.47. The topological polar surface area (TPSA) is 81.5 Å². The number of halogens is 1. The molecule has 0 saturated carbocycles. The van der Waals surface area contributed by atoms with Gasteiger partial charge in [-0.3, -0.25) is 4.90 Å². The number of carbonyl (C=O) groups is 1. The van der Waals surface area contributed by atoms with E-state index in [0.29, 0.717) is 37.6 Å². The lowest BCUT2D eigenvalue weighted by Gasteiger charge is -2.15. The van der Waals surface area contributed by atoms with Crippen LogP contribution in [0.2, 0.25) is 0 Å². The minimum absolute atomic E-state index is 0.328. The first-order valence-corrected chi connectivity index (χ1v) is 7.52. The van der Waals surface area contributed by atoms with Crippen molar-refractivity contribution in [1.29, 1.82) is 0 Å². The number of rotatable bonds is 7. The Morgan fingerprint density at radius 1 is 1.50 bits per heavy atom. The molecular formula is C15H18FN5O3. The van der Waals surface area contributed by atoms with E-state index in [2.05, 4.69) is 15.6 Å². The van der Waals surface area contributed by atoms with E-state index in [4.69, 9.17) is 9.47 Å². The van der Waals surface area contributed by atoms with E-state index >= 15 is 0 Å². The highest BCUT2D eigenvalue weighted by molar-refractivity contribution is 5.90. The van der Waals surface area contributed by atoms with Gasteiger partial charge in [-0.2, -0.15) is 0 Å². The number of benzene rings is 1. The van der Waals surface area contributed by atoms with Crippen molar-refractivity contribution in [3.63, 3.8) is 0 Å². The number of anilines is 2. The lowest BCUT2D eigenvalue weighted by molar-refractivity contribution is 0.129. The Kier molecular flexibility index (Phi) is 4.90. The molecule has 1 aromatic heterocycles. The number of hydrogen-bond acceptors (Lipinski definition) is 6. The Morgan fingerprint density at radius 3 is 3.08 bits per heavy atom. The summed E-state index contributed by atoms with van der Waals surface area (Å²) in [4.78, 5) is 13.4. The monoisotopic (exact) mass is 335 g/mol. The Hall–Kier alpha value is -2.68. The summed E-state index contributed by atoms with van der Waals surface area (Å²) in [5.74, 6) is -0.434. The van der Waals surface area contributed by atoms with Crippen LogP contribution in [0.25, 0.3) is 0 Å². The van der Waals surface area contributed by atoms with Crippen molar-refractivity contribution in [2.75, 3.05) is 37.0 Å². The van der Waals surface area contributed by atoms with E-state index in [1.54, 1.807) is 36.3 Å². The van der Waals surface area contributed by atoms with Crippen LogP contribution in [0, 0.1) is 5.82 Å². The van der Waals surface area contributed by atoms with Gasteiger partial charge in [0.1, 0.15) is 11.9 Å². The van der Waals surface area contributed by atoms with E-state index in [-0.39, 0.29) is 6.10 Å². The number of aromatic nitrogens is 3. The third-order valence-electron chi connectivity index (χ3n) is 3.62. The summed E-state index contributed by atoms with van der Waals surface area (Å²) in [5.41, 5.74) is 0.818. The highest BCUT2D eigenvalue weighted by atomic mass is 19.1. The molecule has 128 valence electrons. The van der Waals surface area contributed by atoms with Crippen LogP contribution >= 0.6 is 0 Å². The van der Waals surface area contributed by atoms with E-state index in [9.17, 15) is 9.18 Å². The summed E-state index contributed by atoms with van der Waals surface area (Å²) < 4.78 is 26.0. The van der Waals surface area contributed by atoms with Gasteiger partial charge in [-0.25, -0.2) is 13.9 Å². The average molecular weight is 335 g/mol. The van der Waals surface area contributed by atoms with Crippen molar-refractivity contribution in [3.05, 3.63) is 36.4 Å². The van der Waals surface area contributed by atoms with Crippen molar-refractivity contribution in [3.8, 4) is 0 Å². The van der Waals surface area contributed by atoms with Gasteiger partial charge >= 0.3 is 6.09 Å². The fraction of sp³-hybridized carbons (Fsp3) is 0.400. The Labute approximate surface area is 138 Å². The number of methoxy groups -OCH3 is 1. The first-order chi connectivity index (χ1) is 11.7. The summed E-state index contributed by atoms with van der Waals surface area (Å²) in [5, 5.41) is 10.5. The molecule has 1 unspecified atom stereocenters. The van der Waals surface area contributed by atoms with Crippen LogP contribution in [-0.4, -0.2) is 54.0 Å². The fourth-order valence-electron chi connectivity index (χ4n) is 2.47. The summed E-state index contributed by atoms with van der Waals surface area (Å²) in [6.07, 6.45) is 2.39. The van der Waals surface area contributed by atoms with Gasteiger partial charge in [-0.1, -0.05) is 5.21 Å². The maximum Gasteiger partial charge on any atom is 0.414 e. The summed E-state index contributed by atoms with van der Waals surface area (Å²) >= 11 is 0. The highest BCUT2D eigenvalue weighted by Gasteiger charge is 2.33. The Morgan fingerprint density at radius 2 is 2.38 bits per heavy atom. The van der Waals surface area contributed by atoms with E-state index in [0.717, 1.165) is 0 Å². The molecule has 1 fully saturated rings. The van der Waals surface area contributed by atoms with Crippen molar-refractivity contribution in [1.82, 2.24) is 15.0 Å². The van der Waals surface area contributed by atoms with Gasteiger partial charge in [0.15, 0.2) is 0 Å². The van der Waals surface area contributed by atoms with Crippen LogP contribution in [0.4, 0.5) is 20.6 Å². The van der Waals surface area contributed by atoms with Gasteiger partial charge < -0.3 is 14.8 Å². The molecule has 3 rings (SSSR count). The second-order valence-electron chi connectivity index (χ2n) is 5.33. The molecule has 8 nitrogen and oxygen atoms in total. The van der Waals surface area contributed by atoms with Crippen molar-refractivity contribution < 1.29 is 18.7 Å². The van der Waals surface area contributed by atoms with E-state index in [1.807, 2.05) is 0 Å². The van der Waals surface area contributed by atoms with Crippen LogP contribution in [0.15, 0.2) is 30.6 Å². The minimum Gasteiger partial charge on any atom is -0.442 e. The zero-order valence-electron chi connectivity index (χ0n) is 13.2. The molecule has 1 aliphatic rings. The quantitative estimate of drug-likeness (QED) is 0.772. The normalized spacial score (nSPS) is 17.2. The minimum atomic E-state index is -0.500. The van der Waals surface area contributed by atoms with Crippen molar-refractivity contribution >= 4 is 17.5 Å². The second kappa shape index (κ2) is 7.26. The summed E-state index contributed by atoms with van der Waals surface area (Å²) in [6, 6.07) is 4.59. The number of ether oxygens (including phenoxy) is 2. The Bertz CT molecular complexity index is 694.